The van der Waals surface area contributed by atoms with E-state index in [4.69, 9.17) is 16.3 Å². The summed E-state index contributed by atoms with van der Waals surface area (Å²) in [5, 5.41) is 0. The molecule has 1 aromatic rings. The van der Waals surface area contributed by atoms with Crippen LogP contribution in [-0.4, -0.2) is 38.5 Å². The van der Waals surface area contributed by atoms with E-state index in [1.54, 1.807) is 18.2 Å². The number of halogens is 1. The van der Waals surface area contributed by atoms with Crippen molar-refractivity contribution in [2.75, 3.05) is 19.7 Å². The van der Waals surface area contributed by atoms with Crippen molar-refractivity contribution in [3.8, 4) is 0 Å². The minimum Gasteiger partial charge on any atom is -0.377 e. The number of benzene rings is 1. The fraction of sp³-hybridized carbons (Fsp3) is 0.538. The summed E-state index contributed by atoms with van der Waals surface area (Å²) in [6.07, 6.45) is 0.646. The molecule has 0 N–H and O–H groups in total. The molecular weight excluding hydrogens is 286 g/mol. The average Bonchev–Trinajstić information content (AvgIpc) is 2.64. The van der Waals surface area contributed by atoms with Crippen LogP contribution in [-0.2, 0) is 20.6 Å². The fourth-order valence-corrected chi connectivity index (χ4v) is 3.90. The van der Waals surface area contributed by atoms with Gasteiger partial charge in [-0.05, 0) is 31.0 Å². The Kier molecular flexibility index (Phi) is 4.84. The van der Waals surface area contributed by atoms with Gasteiger partial charge in [-0.15, -0.1) is 11.6 Å². The molecule has 1 atom stereocenters. The quantitative estimate of drug-likeness (QED) is 0.805. The molecule has 1 aromatic carbocycles. The summed E-state index contributed by atoms with van der Waals surface area (Å²) in [6.45, 7) is 3.39. The molecule has 0 radical (unpaired) electrons. The molecule has 0 spiro atoms. The predicted molar refractivity (Wildman–Crippen MR) is 74.8 cm³/mol. The molecule has 0 amide bonds. The van der Waals surface area contributed by atoms with Crippen molar-refractivity contribution >= 4 is 21.6 Å². The Morgan fingerprint density at radius 2 is 2.26 bits per heavy atom. The summed E-state index contributed by atoms with van der Waals surface area (Å²) in [7, 11) is -3.46. The van der Waals surface area contributed by atoms with Crippen molar-refractivity contribution in [2.24, 2.45) is 0 Å². The van der Waals surface area contributed by atoms with E-state index in [0.717, 1.165) is 12.0 Å². The summed E-state index contributed by atoms with van der Waals surface area (Å²) in [5.74, 6) is 0.308. The van der Waals surface area contributed by atoms with Crippen molar-refractivity contribution in [3.63, 3.8) is 0 Å². The van der Waals surface area contributed by atoms with E-state index in [2.05, 4.69) is 0 Å². The first-order valence-electron chi connectivity index (χ1n) is 6.30. The van der Waals surface area contributed by atoms with Crippen molar-refractivity contribution in [1.82, 2.24) is 4.31 Å². The zero-order chi connectivity index (χ0) is 13.9. The van der Waals surface area contributed by atoms with Crippen LogP contribution in [0.4, 0.5) is 0 Å². The maximum atomic E-state index is 12.6. The Balaban J connectivity index is 2.29. The largest absolute Gasteiger partial charge is 0.377 e. The maximum absolute atomic E-state index is 12.6. The third-order valence-electron chi connectivity index (χ3n) is 3.11. The van der Waals surface area contributed by atoms with Gasteiger partial charge in [0.15, 0.2) is 0 Å². The van der Waals surface area contributed by atoms with Crippen LogP contribution in [0.2, 0.25) is 0 Å². The van der Waals surface area contributed by atoms with Crippen LogP contribution in [0.25, 0.3) is 0 Å². The van der Waals surface area contributed by atoms with Gasteiger partial charge in [0.05, 0.1) is 11.0 Å². The lowest BCUT2D eigenvalue weighted by Crippen LogP contribution is -2.35. The Labute approximate surface area is 119 Å². The van der Waals surface area contributed by atoms with E-state index in [1.165, 1.54) is 4.31 Å². The first-order valence-corrected chi connectivity index (χ1v) is 8.28. The average molecular weight is 304 g/mol. The van der Waals surface area contributed by atoms with E-state index in [9.17, 15) is 8.42 Å². The monoisotopic (exact) mass is 303 g/mol. The van der Waals surface area contributed by atoms with E-state index in [0.29, 0.717) is 30.5 Å². The van der Waals surface area contributed by atoms with Gasteiger partial charge in [-0.2, -0.15) is 4.31 Å². The zero-order valence-corrected chi connectivity index (χ0v) is 12.5. The molecule has 0 aromatic heterocycles. The highest BCUT2D eigenvalue weighted by molar-refractivity contribution is 7.89. The minimum atomic E-state index is -3.46. The van der Waals surface area contributed by atoms with E-state index < -0.39 is 10.0 Å². The second-order valence-electron chi connectivity index (χ2n) is 4.68. The highest BCUT2D eigenvalue weighted by Gasteiger charge is 2.27. The van der Waals surface area contributed by atoms with Gasteiger partial charge in [-0.1, -0.05) is 12.1 Å². The van der Waals surface area contributed by atoms with Crippen molar-refractivity contribution in [3.05, 3.63) is 29.8 Å². The third-order valence-corrected chi connectivity index (χ3v) is 5.28. The van der Waals surface area contributed by atoms with Crippen LogP contribution < -0.4 is 0 Å². The van der Waals surface area contributed by atoms with Crippen LogP contribution in [0.1, 0.15) is 18.9 Å². The highest BCUT2D eigenvalue weighted by atomic mass is 35.5. The second kappa shape index (κ2) is 6.22. The SMILES string of the molecule is CC1CN(S(=O)(=O)c2cccc(CCl)c2)CCCO1. The van der Waals surface area contributed by atoms with Crippen LogP contribution in [0.5, 0.6) is 0 Å². The molecule has 106 valence electrons. The minimum absolute atomic E-state index is 0.0755. The predicted octanol–water partition coefficient (Wildman–Crippen LogP) is 2.22. The van der Waals surface area contributed by atoms with E-state index >= 15 is 0 Å². The van der Waals surface area contributed by atoms with Gasteiger partial charge in [0.1, 0.15) is 0 Å². The van der Waals surface area contributed by atoms with Crippen LogP contribution in [0.15, 0.2) is 29.2 Å². The lowest BCUT2D eigenvalue weighted by Gasteiger charge is -2.21. The summed E-state index contributed by atoms with van der Waals surface area (Å²) < 4.78 is 32.1. The van der Waals surface area contributed by atoms with Crippen LogP contribution in [0.3, 0.4) is 0 Å². The topological polar surface area (TPSA) is 46.6 Å². The molecule has 0 bridgehead atoms. The summed E-state index contributed by atoms with van der Waals surface area (Å²) in [5.41, 5.74) is 0.807. The normalized spacial score (nSPS) is 22.1. The first-order chi connectivity index (χ1) is 9.04. The van der Waals surface area contributed by atoms with Gasteiger partial charge >= 0.3 is 0 Å². The van der Waals surface area contributed by atoms with Gasteiger partial charge in [0.2, 0.25) is 10.0 Å². The molecule has 1 heterocycles. The molecule has 0 aliphatic carbocycles. The molecule has 6 heteroatoms. The fourth-order valence-electron chi connectivity index (χ4n) is 2.11. The van der Waals surface area contributed by atoms with Crippen LogP contribution in [0, 0.1) is 0 Å². The summed E-state index contributed by atoms with van der Waals surface area (Å²) in [6, 6.07) is 6.79. The molecule has 1 saturated heterocycles. The molecule has 0 saturated carbocycles. The van der Waals surface area contributed by atoms with Gasteiger partial charge in [0.25, 0.3) is 0 Å². The lowest BCUT2D eigenvalue weighted by atomic mass is 10.2. The summed E-state index contributed by atoms with van der Waals surface area (Å²) in [4.78, 5) is 0.305. The highest BCUT2D eigenvalue weighted by Crippen LogP contribution is 2.20. The lowest BCUT2D eigenvalue weighted by molar-refractivity contribution is 0.0752. The number of ether oxygens (including phenoxy) is 1. The number of nitrogens with zero attached hydrogens (tertiary/aromatic N) is 1. The standard InChI is InChI=1S/C13H18ClNO3S/c1-11-10-15(6-3-7-18-11)19(16,17)13-5-2-4-12(8-13)9-14/h2,4-5,8,11H,3,6-7,9-10H2,1H3. The third kappa shape index (κ3) is 3.48. The van der Waals surface area contributed by atoms with Crippen molar-refractivity contribution < 1.29 is 13.2 Å². The Hall–Kier alpha value is -0.620. The molecule has 4 nitrogen and oxygen atoms in total. The Bertz CT molecular complexity index is 532. The number of hydrogen-bond acceptors (Lipinski definition) is 3. The number of alkyl halides is 1. The molecule has 1 unspecified atom stereocenters. The molecule has 2 rings (SSSR count). The zero-order valence-electron chi connectivity index (χ0n) is 10.9. The smallest absolute Gasteiger partial charge is 0.243 e. The first kappa shape index (κ1) is 14.8. The Morgan fingerprint density at radius 1 is 1.47 bits per heavy atom. The van der Waals surface area contributed by atoms with Gasteiger partial charge in [-0.3, -0.25) is 0 Å². The van der Waals surface area contributed by atoms with Crippen LogP contribution >= 0.6 is 11.6 Å². The molecule has 1 aliphatic rings. The van der Waals surface area contributed by atoms with Gasteiger partial charge in [-0.25, -0.2) is 8.42 Å². The number of sulfonamides is 1. The molecular formula is C13H18ClNO3S. The van der Waals surface area contributed by atoms with Crippen molar-refractivity contribution in [2.45, 2.75) is 30.2 Å². The van der Waals surface area contributed by atoms with Crippen molar-refractivity contribution in [1.29, 1.82) is 0 Å². The number of rotatable bonds is 3. The maximum Gasteiger partial charge on any atom is 0.243 e. The molecule has 19 heavy (non-hydrogen) atoms. The molecule has 1 fully saturated rings. The van der Waals surface area contributed by atoms with E-state index in [-0.39, 0.29) is 6.10 Å². The number of hydrogen-bond donors (Lipinski definition) is 0. The van der Waals surface area contributed by atoms with Gasteiger partial charge in [0, 0.05) is 25.6 Å². The molecule has 1 aliphatic heterocycles. The van der Waals surface area contributed by atoms with E-state index in [1.807, 2.05) is 13.0 Å². The second-order valence-corrected chi connectivity index (χ2v) is 6.88. The van der Waals surface area contributed by atoms with Gasteiger partial charge < -0.3 is 4.74 Å². The summed E-state index contributed by atoms with van der Waals surface area (Å²) >= 11 is 5.76. The Morgan fingerprint density at radius 3 is 3.00 bits per heavy atom.